The second-order valence-corrected chi connectivity index (χ2v) is 30.5. The second-order valence-electron chi connectivity index (χ2n) is 27.6. The van der Waals surface area contributed by atoms with Gasteiger partial charge in [-0.05, 0) is 161 Å². The van der Waals surface area contributed by atoms with Gasteiger partial charge in [0.15, 0.2) is 12.2 Å². The van der Waals surface area contributed by atoms with Crippen molar-refractivity contribution in [3.8, 4) is 0 Å². The van der Waals surface area contributed by atoms with Crippen LogP contribution in [-0.4, -0.2) is 96.7 Å². The molecule has 3 N–H and O–H groups in total. The Hall–Kier alpha value is -5.06. The predicted molar refractivity (Wildman–Crippen MR) is 445 cm³/mol. The summed E-state index contributed by atoms with van der Waals surface area (Å²) in [4.78, 5) is 73.2. The van der Waals surface area contributed by atoms with Crippen LogP contribution in [0.1, 0.15) is 336 Å². The van der Waals surface area contributed by atoms with Crippen LogP contribution in [0.15, 0.2) is 146 Å². The first-order valence-electron chi connectivity index (χ1n) is 42.1. The third-order valence-electron chi connectivity index (χ3n) is 17.3. The molecule has 17 nitrogen and oxygen atoms in total. The van der Waals surface area contributed by atoms with Crippen LogP contribution in [0.2, 0.25) is 0 Å². The Morgan fingerprint density at radius 3 is 0.741 bits per heavy atom. The molecule has 0 aliphatic heterocycles. The third-order valence-corrected chi connectivity index (χ3v) is 19.2. The van der Waals surface area contributed by atoms with E-state index in [1.165, 1.54) is 19.3 Å². The first kappa shape index (κ1) is 103. The monoisotopic (exact) mass is 1550 g/mol. The van der Waals surface area contributed by atoms with Crippen molar-refractivity contribution in [3.63, 3.8) is 0 Å². The molecule has 108 heavy (non-hydrogen) atoms. The minimum atomic E-state index is -4.99. The molecule has 0 saturated carbocycles. The molecule has 0 aliphatic carbocycles. The topological polar surface area (TPSA) is 237 Å². The number of esters is 4. The van der Waals surface area contributed by atoms with Crippen LogP contribution in [0.25, 0.3) is 0 Å². The normalized spacial score (nSPS) is 14.5. The van der Waals surface area contributed by atoms with Crippen LogP contribution in [0.3, 0.4) is 0 Å². The van der Waals surface area contributed by atoms with Crippen molar-refractivity contribution in [2.45, 2.75) is 354 Å². The zero-order valence-corrected chi connectivity index (χ0v) is 69.5. The molecule has 0 aromatic rings. The molecule has 0 fully saturated rings. The Balaban J connectivity index is 5.41. The minimum Gasteiger partial charge on any atom is -0.462 e. The van der Waals surface area contributed by atoms with Crippen LogP contribution in [0, 0.1) is 0 Å². The van der Waals surface area contributed by atoms with Gasteiger partial charge in [0.05, 0.1) is 26.4 Å². The molecule has 0 bridgehead atoms. The molecular weight excluding hydrogens is 1400 g/mol. The van der Waals surface area contributed by atoms with Gasteiger partial charge in [0.2, 0.25) is 0 Å². The molecular formula is C89H150O17P2. The van der Waals surface area contributed by atoms with Gasteiger partial charge in [-0.3, -0.25) is 37.3 Å². The summed E-state index contributed by atoms with van der Waals surface area (Å²) in [5.74, 6) is -2.22. The van der Waals surface area contributed by atoms with Crippen LogP contribution in [-0.2, 0) is 65.4 Å². The van der Waals surface area contributed by atoms with Gasteiger partial charge >= 0.3 is 39.5 Å². The lowest BCUT2D eigenvalue weighted by molar-refractivity contribution is -0.161. The number of hydrogen-bond acceptors (Lipinski definition) is 15. The molecule has 19 heteroatoms. The number of hydrogen-bond donors (Lipinski definition) is 3. The van der Waals surface area contributed by atoms with Gasteiger partial charge in [0, 0.05) is 25.7 Å². The molecule has 5 atom stereocenters. The van der Waals surface area contributed by atoms with E-state index in [-0.39, 0.29) is 25.7 Å². The molecule has 0 spiro atoms. The lowest BCUT2D eigenvalue weighted by Gasteiger charge is -2.21. The number of aliphatic hydroxyl groups excluding tert-OH is 1. The van der Waals surface area contributed by atoms with E-state index in [4.69, 9.17) is 37.0 Å². The van der Waals surface area contributed by atoms with Crippen molar-refractivity contribution in [1.29, 1.82) is 0 Å². The first-order chi connectivity index (χ1) is 52.7. The largest absolute Gasteiger partial charge is 0.472 e. The highest BCUT2D eigenvalue weighted by Crippen LogP contribution is 2.45. The van der Waals surface area contributed by atoms with E-state index in [0.29, 0.717) is 25.7 Å². The van der Waals surface area contributed by atoms with E-state index in [2.05, 4.69) is 174 Å². The van der Waals surface area contributed by atoms with Gasteiger partial charge in [-0.15, -0.1) is 0 Å². The smallest absolute Gasteiger partial charge is 0.462 e. The Morgan fingerprint density at radius 1 is 0.269 bits per heavy atom. The fraction of sp³-hybridized carbons (Fsp3) is 0.685. The second kappa shape index (κ2) is 80.0. The van der Waals surface area contributed by atoms with Crippen LogP contribution < -0.4 is 0 Å². The maximum Gasteiger partial charge on any atom is 0.472 e. The Bertz CT molecular complexity index is 2610. The maximum atomic E-state index is 13.1. The molecule has 0 rings (SSSR count). The Morgan fingerprint density at radius 2 is 0.481 bits per heavy atom. The predicted octanol–water partition coefficient (Wildman–Crippen LogP) is 25.0. The number of phosphoric ester groups is 2. The van der Waals surface area contributed by atoms with Gasteiger partial charge in [0.1, 0.15) is 19.3 Å². The number of allylic oxidation sites excluding steroid dienone is 24. The molecule has 5 unspecified atom stereocenters. The number of rotatable bonds is 78. The van der Waals surface area contributed by atoms with Gasteiger partial charge in [-0.2, -0.15) is 0 Å². The Kier molecular flexibility index (Phi) is 76.3. The number of phosphoric acid groups is 2. The first-order valence-corrected chi connectivity index (χ1v) is 45.1. The molecule has 0 radical (unpaired) electrons. The van der Waals surface area contributed by atoms with Gasteiger partial charge in [-0.1, -0.05) is 296 Å². The Labute approximate surface area is 656 Å². The van der Waals surface area contributed by atoms with Crippen molar-refractivity contribution in [2.24, 2.45) is 0 Å². The fourth-order valence-electron chi connectivity index (χ4n) is 11.0. The average molecular weight is 1550 g/mol. The van der Waals surface area contributed by atoms with Gasteiger partial charge < -0.3 is 33.8 Å². The highest BCUT2D eigenvalue weighted by molar-refractivity contribution is 7.47. The average Bonchev–Trinajstić information content (AvgIpc) is 0.906. The molecule has 618 valence electrons. The molecule has 0 aliphatic rings. The molecule has 0 aromatic heterocycles. The van der Waals surface area contributed by atoms with Crippen LogP contribution >= 0.6 is 15.6 Å². The quantitative estimate of drug-likeness (QED) is 0.0169. The molecule has 0 saturated heterocycles. The fourth-order valence-corrected chi connectivity index (χ4v) is 12.6. The number of unbranched alkanes of at least 4 members (excludes halogenated alkanes) is 28. The summed E-state index contributed by atoms with van der Waals surface area (Å²) in [6.07, 6.45) is 92.3. The van der Waals surface area contributed by atoms with E-state index in [0.717, 1.165) is 238 Å². The van der Waals surface area contributed by atoms with Crippen molar-refractivity contribution in [3.05, 3.63) is 146 Å². The summed E-state index contributed by atoms with van der Waals surface area (Å²) < 4.78 is 68.8. The van der Waals surface area contributed by atoms with Crippen LogP contribution in [0.5, 0.6) is 0 Å². The van der Waals surface area contributed by atoms with Crippen molar-refractivity contribution >= 4 is 39.5 Å². The number of aliphatic hydroxyl groups is 1. The molecule has 0 amide bonds. The molecule has 0 heterocycles. The lowest BCUT2D eigenvalue weighted by Crippen LogP contribution is -2.30. The van der Waals surface area contributed by atoms with E-state index in [1.54, 1.807) is 0 Å². The van der Waals surface area contributed by atoms with Crippen molar-refractivity contribution < 1.29 is 80.2 Å². The SMILES string of the molecule is CC/C=C\C/C=C\C/C=C\C/C=C\CCCCCCCCC(=O)OCC(COP(=O)(O)OCC(O)COP(=O)(O)OCC(COC(=O)CCCCCCCCC/C=C\C/C=C\C/C=C\CC)OC(=O)CCCCCCC/C=C\C/C=C\CCCCC)OC(=O)CCCCCCCCC/C=C\C/C=C\C/C=C\CC. The lowest BCUT2D eigenvalue weighted by atomic mass is 10.1. The van der Waals surface area contributed by atoms with Crippen LogP contribution in [0.4, 0.5) is 0 Å². The van der Waals surface area contributed by atoms with Gasteiger partial charge in [0.25, 0.3) is 0 Å². The standard InChI is InChI=1S/C89H150O17P2/c1-5-9-13-17-21-25-29-33-37-40-41-44-47-50-54-58-62-66-70-74-87(92)100-80-85(106-89(94)76-72-68-64-60-56-52-48-43-39-35-31-27-23-19-15-11-7-3)82-104-108(97,98)102-78-83(90)77-101-107(95,96)103-81-84(105-88(93)75-71-67-63-59-55-51-45-36-32-28-24-20-16-12-8-4)79-99-86(91)73-69-65-61-57-53-49-46-42-38-34-30-26-22-18-14-10-6-2/h9-11,13-15,21-28,33-39,41,44-45,83-85,90H,5-8,12,16-20,29-32,40,42-43,46-82H2,1-4H3,(H,95,96)(H,97,98)/b13-9-,14-10-,15-11-,25-21-,26-22-,27-23-,28-24-,37-33-,38-34-,39-35-,44-41-,45-36-. The summed E-state index contributed by atoms with van der Waals surface area (Å²) in [7, 11) is -9.98. The summed E-state index contributed by atoms with van der Waals surface area (Å²) in [5.41, 5.74) is 0. The highest BCUT2D eigenvalue weighted by atomic mass is 31.2. The van der Waals surface area contributed by atoms with E-state index < -0.39 is 97.5 Å². The van der Waals surface area contributed by atoms with Crippen molar-refractivity contribution in [1.82, 2.24) is 0 Å². The summed E-state index contributed by atoms with van der Waals surface area (Å²) in [6, 6.07) is 0. The summed E-state index contributed by atoms with van der Waals surface area (Å²) in [5, 5.41) is 10.7. The number of carbonyl (C=O) groups excluding carboxylic acids is 4. The molecule has 0 aromatic carbocycles. The number of ether oxygens (including phenoxy) is 4. The highest BCUT2D eigenvalue weighted by Gasteiger charge is 2.30. The number of carbonyl (C=O) groups is 4. The zero-order valence-electron chi connectivity index (χ0n) is 67.7. The zero-order chi connectivity index (χ0) is 78.9. The third kappa shape index (κ3) is 79.0. The van der Waals surface area contributed by atoms with Crippen molar-refractivity contribution in [2.75, 3.05) is 39.6 Å². The van der Waals surface area contributed by atoms with E-state index >= 15 is 0 Å². The maximum absolute atomic E-state index is 13.1. The van der Waals surface area contributed by atoms with E-state index in [1.807, 2.05) is 0 Å². The van der Waals surface area contributed by atoms with E-state index in [9.17, 15) is 43.2 Å². The van der Waals surface area contributed by atoms with Gasteiger partial charge in [-0.25, -0.2) is 9.13 Å². The minimum absolute atomic E-state index is 0.0736. The summed E-state index contributed by atoms with van der Waals surface area (Å²) >= 11 is 0. The summed E-state index contributed by atoms with van der Waals surface area (Å²) in [6.45, 7) is 4.49.